The molecule has 3 atom stereocenters. The quantitative estimate of drug-likeness (QED) is 0.678. The van der Waals surface area contributed by atoms with Crippen molar-refractivity contribution < 1.29 is 17.9 Å². The minimum Gasteiger partial charge on any atom is -0.496 e. The molecule has 2 aromatic carbocycles. The maximum absolute atomic E-state index is 13.3. The lowest BCUT2D eigenvalue weighted by molar-refractivity contribution is -0.261. The van der Waals surface area contributed by atoms with Crippen molar-refractivity contribution >= 4 is 5.69 Å². The van der Waals surface area contributed by atoms with E-state index in [1.54, 1.807) is 19.2 Å². The molecule has 0 aromatic heterocycles. The molecule has 1 heterocycles. The number of hydrogen-bond acceptors (Lipinski definition) is 7. The summed E-state index contributed by atoms with van der Waals surface area (Å²) in [6.45, 7) is 0. The molecule has 3 N–H and O–H groups in total. The first-order valence-electron chi connectivity index (χ1n) is 10.2. The molecule has 10 heteroatoms. The fourth-order valence-corrected chi connectivity index (χ4v) is 4.60. The van der Waals surface area contributed by atoms with Crippen molar-refractivity contribution in [1.82, 2.24) is 10.7 Å². The molecule has 1 fully saturated rings. The monoisotopic (exact) mass is 434 g/mol. The van der Waals surface area contributed by atoms with Crippen LogP contribution in [0.1, 0.15) is 36.3 Å². The lowest BCUT2D eigenvalue weighted by Crippen LogP contribution is -2.51. The molecule has 2 aliphatic rings. The summed E-state index contributed by atoms with van der Waals surface area (Å²) < 4.78 is 45.3. The van der Waals surface area contributed by atoms with Gasteiger partial charge in [0.2, 0.25) is 0 Å². The first kappa shape index (κ1) is 21.4. The van der Waals surface area contributed by atoms with Crippen molar-refractivity contribution in [2.45, 2.75) is 43.9 Å². The molecule has 0 saturated heterocycles. The van der Waals surface area contributed by atoms with Gasteiger partial charge in [0.15, 0.2) is 0 Å². The number of nitrogens with zero attached hydrogens (tertiary/aromatic N) is 4. The largest absolute Gasteiger partial charge is 0.499 e. The van der Waals surface area contributed by atoms with Crippen LogP contribution < -0.4 is 21.1 Å². The molecular weight excluding hydrogens is 409 g/mol. The van der Waals surface area contributed by atoms with E-state index in [-0.39, 0.29) is 28.7 Å². The van der Waals surface area contributed by atoms with Gasteiger partial charge in [0.1, 0.15) is 5.75 Å². The molecule has 3 unspecified atom stereocenters. The Morgan fingerprint density at radius 2 is 1.94 bits per heavy atom. The highest BCUT2D eigenvalue weighted by Crippen LogP contribution is 2.41. The Morgan fingerprint density at radius 1 is 1.16 bits per heavy atom. The van der Waals surface area contributed by atoms with Crippen LogP contribution in [-0.2, 0) is 6.42 Å². The molecule has 31 heavy (non-hydrogen) atoms. The third-order valence-electron chi connectivity index (χ3n) is 5.94. The summed E-state index contributed by atoms with van der Waals surface area (Å²) in [7, 11) is 1.55. The summed E-state index contributed by atoms with van der Waals surface area (Å²) >= 11 is 0. The van der Waals surface area contributed by atoms with Gasteiger partial charge >= 0.3 is 6.30 Å². The normalized spacial score (nSPS) is 24.3. The summed E-state index contributed by atoms with van der Waals surface area (Å²) in [5.41, 5.74) is 10.6. The van der Waals surface area contributed by atoms with Gasteiger partial charge in [0.25, 0.3) is 0 Å². The second kappa shape index (κ2) is 8.72. The first-order chi connectivity index (χ1) is 14.9. The molecule has 1 aliphatic heterocycles. The van der Waals surface area contributed by atoms with E-state index in [9.17, 15) is 13.2 Å². The van der Waals surface area contributed by atoms with Crippen LogP contribution in [0.25, 0.3) is 0 Å². The average Bonchev–Trinajstić information content (AvgIpc) is 3.25. The number of hydrogen-bond donors (Lipinski definition) is 2. The number of alkyl halides is 3. The third-order valence-corrected chi connectivity index (χ3v) is 5.94. The van der Waals surface area contributed by atoms with Crippen molar-refractivity contribution in [2.75, 3.05) is 12.2 Å². The Bertz CT molecular complexity index is 923. The maximum atomic E-state index is 13.3. The van der Waals surface area contributed by atoms with E-state index in [1.165, 1.54) is 11.6 Å². The fraction of sp³-hybridized carbons (Fsp3) is 0.429. The number of ether oxygens (including phenoxy) is 1. The SMILES string of the molecule is COc1ccc(N2N=NNN2C(F)(F)F)cc1CC1CCCC(N)C1c1ccccc1. The smallest absolute Gasteiger partial charge is 0.496 e. The summed E-state index contributed by atoms with van der Waals surface area (Å²) in [5.74, 6) is 1.04. The standard InChI is InChI=1S/C21H25F3N6O/c1-31-19-11-10-17(29-27-26-28-30(29)21(22,23)24)13-16(19)12-15-8-5-9-18(25)20(15)14-6-3-2-4-7-14/h2-4,6-7,10-11,13,15,18,20H,5,8-9,12,25H2,1H3,(H,27,28). The number of methoxy groups -OCH3 is 1. The number of benzene rings is 2. The van der Waals surface area contributed by atoms with Crippen LogP contribution in [0.5, 0.6) is 5.75 Å². The van der Waals surface area contributed by atoms with Gasteiger partial charge in [-0.05, 0) is 65.0 Å². The highest BCUT2D eigenvalue weighted by molar-refractivity contribution is 5.52. The third kappa shape index (κ3) is 4.45. The molecular formula is C21H25F3N6O. The Labute approximate surface area is 178 Å². The molecule has 7 nitrogen and oxygen atoms in total. The van der Waals surface area contributed by atoms with Gasteiger partial charge in [-0.25, -0.2) is 0 Å². The molecule has 2 aromatic rings. The maximum Gasteiger partial charge on any atom is 0.499 e. The van der Waals surface area contributed by atoms with Crippen LogP contribution in [0.2, 0.25) is 0 Å². The number of anilines is 1. The molecule has 4 rings (SSSR count). The number of nitrogens with two attached hydrogens (primary N) is 1. The van der Waals surface area contributed by atoms with Crippen molar-refractivity contribution in [3.8, 4) is 5.75 Å². The molecule has 0 bridgehead atoms. The molecule has 0 spiro atoms. The lowest BCUT2D eigenvalue weighted by atomic mass is 9.70. The highest BCUT2D eigenvalue weighted by atomic mass is 19.4. The Hall–Kier alpha value is -2.85. The minimum atomic E-state index is -4.68. The number of hydrazine groups is 2. The molecule has 1 aliphatic carbocycles. The van der Waals surface area contributed by atoms with Crippen molar-refractivity contribution in [2.24, 2.45) is 22.1 Å². The van der Waals surface area contributed by atoms with Gasteiger partial charge in [0, 0.05) is 17.1 Å². The van der Waals surface area contributed by atoms with E-state index in [4.69, 9.17) is 10.5 Å². The van der Waals surface area contributed by atoms with E-state index in [0.717, 1.165) is 24.8 Å². The van der Waals surface area contributed by atoms with E-state index >= 15 is 0 Å². The van der Waals surface area contributed by atoms with E-state index in [2.05, 4.69) is 22.6 Å². The zero-order valence-electron chi connectivity index (χ0n) is 17.1. The van der Waals surface area contributed by atoms with E-state index in [0.29, 0.717) is 17.3 Å². The second-order valence-electron chi connectivity index (χ2n) is 7.85. The Balaban J connectivity index is 1.64. The lowest BCUT2D eigenvalue weighted by Gasteiger charge is -2.37. The highest BCUT2D eigenvalue weighted by Gasteiger charge is 2.45. The Kier molecular flexibility index (Phi) is 6.01. The van der Waals surface area contributed by atoms with E-state index < -0.39 is 6.30 Å². The van der Waals surface area contributed by atoms with Gasteiger partial charge < -0.3 is 10.5 Å². The zero-order chi connectivity index (χ0) is 22.0. The summed E-state index contributed by atoms with van der Waals surface area (Å²) in [4.78, 5) is 0. The molecule has 0 amide bonds. The van der Waals surface area contributed by atoms with Crippen LogP contribution in [0.15, 0.2) is 59.0 Å². The van der Waals surface area contributed by atoms with Gasteiger partial charge in [0.05, 0.1) is 12.8 Å². The second-order valence-corrected chi connectivity index (χ2v) is 7.85. The van der Waals surface area contributed by atoms with Crippen LogP contribution in [0.3, 0.4) is 0 Å². The van der Waals surface area contributed by atoms with Gasteiger partial charge in [-0.3, -0.25) is 0 Å². The summed E-state index contributed by atoms with van der Waals surface area (Å²) in [6, 6.07) is 15.1. The van der Waals surface area contributed by atoms with Gasteiger partial charge in [-0.2, -0.15) is 18.7 Å². The fourth-order valence-electron chi connectivity index (χ4n) is 4.60. The van der Waals surface area contributed by atoms with Gasteiger partial charge in [-0.1, -0.05) is 36.8 Å². The predicted molar refractivity (Wildman–Crippen MR) is 110 cm³/mol. The van der Waals surface area contributed by atoms with Crippen LogP contribution in [0, 0.1) is 5.92 Å². The van der Waals surface area contributed by atoms with Crippen molar-refractivity contribution in [3.05, 3.63) is 59.7 Å². The molecule has 1 saturated carbocycles. The number of halogens is 3. The summed E-state index contributed by atoms with van der Waals surface area (Å²) in [6.07, 6.45) is -1.09. The van der Waals surface area contributed by atoms with Crippen LogP contribution >= 0.6 is 0 Å². The topological polar surface area (TPSA) is 78.5 Å². The Morgan fingerprint density at radius 3 is 2.65 bits per heavy atom. The van der Waals surface area contributed by atoms with Crippen molar-refractivity contribution in [1.29, 1.82) is 0 Å². The van der Waals surface area contributed by atoms with E-state index in [1.807, 2.05) is 23.7 Å². The zero-order valence-corrected chi connectivity index (χ0v) is 17.1. The molecule has 166 valence electrons. The van der Waals surface area contributed by atoms with Crippen LogP contribution in [0.4, 0.5) is 18.9 Å². The minimum absolute atomic E-state index is 0.0348. The average molecular weight is 434 g/mol. The first-order valence-corrected chi connectivity index (χ1v) is 10.2. The summed E-state index contributed by atoms with van der Waals surface area (Å²) in [5, 5.41) is 7.47. The van der Waals surface area contributed by atoms with Gasteiger partial charge in [-0.15, -0.1) is 5.12 Å². The predicted octanol–water partition coefficient (Wildman–Crippen LogP) is 4.49. The molecule has 0 radical (unpaired) electrons. The number of rotatable bonds is 5. The number of nitrogens with one attached hydrogen (secondary N) is 1. The van der Waals surface area contributed by atoms with Crippen LogP contribution in [-0.4, -0.2) is 24.6 Å². The van der Waals surface area contributed by atoms with Crippen molar-refractivity contribution in [3.63, 3.8) is 0 Å².